The first-order valence-electron chi connectivity index (χ1n) is 22.2. The number of hydrogen-bond donors (Lipinski definition) is 3. The number of unbranched alkanes of at least 4 members (excludes halogenated alkanes) is 21. The summed E-state index contributed by atoms with van der Waals surface area (Å²) >= 11 is 0. The van der Waals surface area contributed by atoms with E-state index in [4.69, 9.17) is 4.74 Å². The van der Waals surface area contributed by atoms with Crippen LogP contribution in [0.4, 0.5) is 0 Å². The first kappa shape index (κ1) is 50.1. The zero-order chi connectivity index (χ0) is 38.2. The Bertz CT molecular complexity index is 869. The van der Waals surface area contributed by atoms with E-state index in [0.29, 0.717) is 19.3 Å². The van der Waals surface area contributed by atoms with Crippen molar-refractivity contribution in [2.24, 2.45) is 0 Å². The van der Waals surface area contributed by atoms with Crippen LogP contribution in [0, 0.1) is 0 Å². The lowest BCUT2D eigenvalue weighted by atomic mass is 10.0. The molecular formula is C46H85NO5. The Morgan fingerprint density at radius 3 is 1.56 bits per heavy atom. The van der Waals surface area contributed by atoms with Gasteiger partial charge in [0.05, 0.1) is 25.2 Å². The van der Waals surface area contributed by atoms with Crippen LogP contribution in [0.3, 0.4) is 0 Å². The predicted molar refractivity (Wildman–Crippen MR) is 222 cm³/mol. The van der Waals surface area contributed by atoms with Gasteiger partial charge in [-0.3, -0.25) is 9.59 Å². The van der Waals surface area contributed by atoms with Crippen LogP contribution in [0.5, 0.6) is 0 Å². The third-order valence-electron chi connectivity index (χ3n) is 9.96. The fourth-order valence-electron chi connectivity index (χ4n) is 6.52. The molecule has 0 heterocycles. The lowest BCUT2D eigenvalue weighted by molar-refractivity contribution is -0.150. The predicted octanol–water partition coefficient (Wildman–Crippen LogP) is 12.6. The quantitative estimate of drug-likeness (QED) is 0.0332. The van der Waals surface area contributed by atoms with E-state index in [9.17, 15) is 19.8 Å². The molecule has 0 fully saturated rings. The number of carbonyl (C=O) groups excluding carboxylic acids is 2. The van der Waals surface area contributed by atoms with Crippen LogP contribution in [0.2, 0.25) is 0 Å². The molecule has 6 nitrogen and oxygen atoms in total. The van der Waals surface area contributed by atoms with Crippen LogP contribution < -0.4 is 5.32 Å². The molecule has 0 aliphatic heterocycles. The summed E-state index contributed by atoms with van der Waals surface area (Å²) in [5, 5.41) is 23.5. The highest BCUT2D eigenvalue weighted by molar-refractivity contribution is 5.77. The molecule has 0 bridgehead atoms. The smallest absolute Gasteiger partial charge is 0.306 e. The second-order valence-electron chi connectivity index (χ2n) is 15.1. The number of esters is 1. The molecule has 3 atom stereocenters. The van der Waals surface area contributed by atoms with E-state index in [1.807, 2.05) is 6.08 Å². The molecule has 0 aromatic carbocycles. The molecule has 0 aliphatic rings. The van der Waals surface area contributed by atoms with Gasteiger partial charge in [-0.05, 0) is 64.2 Å². The average molecular weight is 732 g/mol. The summed E-state index contributed by atoms with van der Waals surface area (Å²) < 4.78 is 5.83. The normalized spacial score (nSPS) is 13.7. The van der Waals surface area contributed by atoms with Gasteiger partial charge in [0.2, 0.25) is 5.91 Å². The second kappa shape index (κ2) is 40.3. The number of hydrogen-bond acceptors (Lipinski definition) is 5. The van der Waals surface area contributed by atoms with Gasteiger partial charge < -0.3 is 20.3 Å². The van der Waals surface area contributed by atoms with E-state index in [0.717, 1.165) is 64.2 Å². The average Bonchev–Trinajstić information content (AvgIpc) is 3.13. The molecule has 1 amide bonds. The zero-order valence-corrected chi connectivity index (χ0v) is 34.4. The van der Waals surface area contributed by atoms with Crippen LogP contribution in [0.1, 0.15) is 220 Å². The monoisotopic (exact) mass is 732 g/mol. The molecule has 304 valence electrons. The largest absolute Gasteiger partial charge is 0.462 e. The lowest BCUT2D eigenvalue weighted by Crippen LogP contribution is -2.46. The van der Waals surface area contributed by atoms with Gasteiger partial charge in [0.1, 0.15) is 6.10 Å². The van der Waals surface area contributed by atoms with Crippen molar-refractivity contribution in [3.05, 3.63) is 36.5 Å². The fraction of sp³-hybridized carbons (Fsp3) is 0.826. The summed E-state index contributed by atoms with van der Waals surface area (Å²) in [4.78, 5) is 25.8. The SMILES string of the molecule is CCCC/C=C\CCCCCC(CC(=O)NC(CO)C(O)CCCCCCCCCCCCC)OC(=O)CC/C=C/C/C=C\CCCCCCCC. The highest BCUT2D eigenvalue weighted by atomic mass is 16.5. The van der Waals surface area contributed by atoms with Gasteiger partial charge in [-0.15, -0.1) is 0 Å². The molecule has 0 aromatic heterocycles. The van der Waals surface area contributed by atoms with Gasteiger partial charge in [-0.2, -0.15) is 0 Å². The minimum atomic E-state index is -0.795. The van der Waals surface area contributed by atoms with Crippen molar-refractivity contribution in [3.8, 4) is 0 Å². The number of allylic oxidation sites excluding steroid dienone is 6. The molecule has 6 heteroatoms. The summed E-state index contributed by atoms with van der Waals surface area (Å²) in [6.45, 7) is 6.38. The number of amides is 1. The van der Waals surface area contributed by atoms with Crippen LogP contribution in [0.25, 0.3) is 0 Å². The van der Waals surface area contributed by atoms with E-state index in [-0.39, 0.29) is 31.3 Å². The Balaban J connectivity index is 4.63. The highest BCUT2D eigenvalue weighted by Gasteiger charge is 2.23. The highest BCUT2D eigenvalue weighted by Crippen LogP contribution is 2.16. The molecule has 0 spiro atoms. The van der Waals surface area contributed by atoms with Crippen molar-refractivity contribution in [2.75, 3.05) is 6.61 Å². The van der Waals surface area contributed by atoms with Gasteiger partial charge in [-0.1, -0.05) is 179 Å². The van der Waals surface area contributed by atoms with Crippen molar-refractivity contribution >= 4 is 11.9 Å². The Kier molecular flexibility index (Phi) is 38.8. The summed E-state index contributed by atoms with van der Waals surface area (Å²) in [6.07, 6.45) is 45.0. The van der Waals surface area contributed by atoms with Crippen LogP contribution in [0.15, 0.2) is 36.5 Å². The van der Waals surface area contributed by atoms with Crippen molar-refractivity contribution in [1.82, 2.24) is 5.32 Å². The number of aliphatic hydroxyl groups is 2. The topological polar surface area (TPSA) is 95.9 Å². The van der Waals surface area contributed by atoms with Gasteiger partial charge >= 0.3 is 5.97 Å². The number of rotatable bonds is 39. The molecule has 0 aliphatic carbocycles. The zero-order valence-electron chi connectivity index (χ0n) is 34.4. The molecule has 52 heavy (non-hydrogen) atoms. The van der Waals surface area contributed by atoms with Crippen molar-refractivity contribution in [1.29, 1.82) is 0 Å². The van der Waals surface area contributed by atoms with E-state index in [2.05, 4.69) is 56.5 Å². The van der Waals surface area contributed by atoms with Crippen LogP contribution >= 0.6 is 0 Å². The van der Waals surface area contributed by atoms with E-state index >= 15 is 0 Å². The number of carbonyl (C=O) groups is 2. The van der Waals surface area contributed by atoms with E-state index in [1.165, 1.54) is 103 Å². The van der Waals surface area contributed by atoms with Gasteiger partial charge in [0, 0.05) is 6.42 Å². The molecule has 3 N–H and O–H groups in total. The van der Waals surface area contributed by atoms with Crippen LogP contribution in [-0.4, -0.2) is 46.9 Å². The molecule has 0 saturated heterocycles. The van der Waals surface area contributed by atoms with Crippen molar-refractivity contribution in [3.63, 3.8) is 0 Å². The number of ether oxygens (including phenoxy) is 1. The minimum absolute atomic E-state index is 0.0452. The Hall–Kier alpha value is -1.92. The Morgan fingerprint density at radius 2 is 1.00 bits per heavy atom. The van der Waals surface area contributed by atoms with E-state index < -0.39 is 18.2 Å². The maximum absolute atomic E-state index is 13.1. The summed E-state index contributed by atoms with van der Waals surface area (Å²) in [7, 11) is 0. The van der Waals surface area contributed by atoms with Crippen molar-refractivity contribution in [2.45, 2.75) is 238 Å². The first-order valence-corrected chi connectivity index (χ1v) is 22.2. The molecule has 0 radical (unpaired) electrons. The molecule has 3 unspecified atom stereocenters. The maximum Gasteiger partial charge on any atom is 0.306 e. The lowest BCUT2D eigenvalue weighted by Gasteiger charge is -2.24. The minimum Gasteiger partial charge on any atom is -0.462 e. The first-order chi connectivity index (χ1) is 25.5. The van der Waals surface area contributed by atoms with Crippen LogP contribution in [-0.2, 0) is 14.3 Å². The molecule has 0 aromatic rings. The van der Waals surface area contributed by atoms with E-state index in [1.54, 1.807) is 0 Å². The fourth-order valence-corrected chi connectivity index (χ4v) is 6.52. The van der Waals surface area contributed by atoms with Crippen molar-refractivity contribution < 1.29 is 24.5 Å². The summed E-state index contributed by atoms with van der Waals surface area (Å²) in [6, 6.07) is -0.712. The van der Waals surface area contributed by atoms with Gasteiger partial charge in [0.25, 0.3) is 0 Å². The Morgan fingerprint density at radius 1 is 0.558 bits per heavy atom. The molecule has 0 saturated carbocycles. The Labute approximate surface area is 322 Å². The summed E-state index contributed by atoms with van der Waals surface area (Å²) in [5.41, 5.74) is 0. The van der Waals surface area contributed by atoms with Gasteiger partial charge in [-0.25, -0.2) is 0 Å². The second-order valence-corrected chi connectivity index (χ2v) is 15.1. The number of aliphatic hydroxyl groups excluding tert-OH is 2. The maximum atomic E-state index is 13.1. The third kappa shape index (κ3) is 35.1. The van der Waals surface area contributed by atoms with Gasteiger partial charge in [0.15, 0.2) is 0 Å². The summed E-state index contributed by atoms with van der Waals surface area (Å²) in [5.74, 6) is -0.573. The number of nitrogens with one attached hydrogen (secondary N) is 1. The third-order valence-corrected chi connectivity index (χ3v) is 9.96. The molecular weight excluding hydrogens is 647 g/mol. The molecule has 0 rings (SSSR count). The standard InChI is InChI=1S/C46H85NO5/c1-4-7-10-13-16-19-21-22-24-27-30-33-36-39-46(51)52-42(37-34-31-28-25-18-15-12-9-6-3)40-45(50)47-43(41-48)44(49)38-35-32-29-26-23-20-17-14-11-8-5-2/h15,18,22,24,30,33,42-44,48-49H,4-14,16-17,19-21,23,25-29,31-32,34-41H2,1-3H3,(H,47,50)/b18-15-,24-22-,33-30+.